The average Bonchev–Trinajstić information content (AvgIpc) is 2.76. The van der Waals surface area contributed by atoms with Gasteiger partial charge in [0.1, 0.15) is 11.2 Å². The predicted molar refractivity (Wildman–Crippen MR) is 119 cm³/mol. The molecule has 0 saturated carbocycles. The zero-order chi connectivity index (χ0) is 22.1. The fraction of sp³-hybridized carbons (Fsp3) is 0.174. The van der Waals surface area contributed by atoms with Gasteiger partial charge in [-0.2, -0.15) is 5.10 Å². The maximum atomic E-state index is 13.1. The number of nitrogens with one attached hydrogen (secondary N) is 1. The van der Waals surface area contributed by atoms with Crippen molar-refractivity contribution in [3.8, 4) is 11.3 Å². The van der Waals surface area contributed by atoms with E-state index in [9.17, 15) is 14.4 Å². The quantitative estimate of drug-likeness (QED) is 0.553. The zero-order valence-corrected chi connectivity index (χ0v) is 17.4. The van der Waals surface area contributed by atoms with E-state index in [1.165, 1.54) is 10.7 Å². The number of aryl methyl sites for hydroxylation is 3. The molecule has 1 amide bonds. The van der Waals surface area contributed by atoms with Crippen LogP contribution in [0.25, 0.3) is 22.3 Å². The normalized spacial score (nSPS) is 10.9. The summed E-state index contributed by atoms with van der Waals surface area (Å²) in [7, 11) is 1.56. The lowest BCUT2D eigenvalue weighted by molar-refractivity contribution is 0.102. The first-order valence-electron chi connectivity index (χ1n) is 9.85. The Kier molecular flexibility index (Phi) is 5.21. The van der Waals surface area contributed by atoms with Gasteiger partial charge in [-0.1, -0.05) is 18.2 Å². The molecule has 156 valence electrons. The molecule has 0 aliphatic heterocycles. The number of anilines is 1. The van der Waals surface area contributed by atoms with Gasteiger partial charge in [0.2, 0.25) is 5.43 Å². The molecule has 1 N–H and O–H groups in total. The van der Waals surface area contributed by atoms with E-state index < -0.39 is 5.91 Å². The Balaban J connectivity index is 1.78. The van der Waals surface area contributed by atoms with E-state index in [2.05, 4.69) is 15.4 Å². The van der Waals surface area contributed by atoms with Crippen LogP contribution in [0, 0.1) is 6.92 Å². The van der Waals surface area contributed by atoms with E-state index in [0.717, 1.165) is 5.69 Å². The van der Waals surface area contributed by atoms with Gasteiger partial charge in [-0.05, 0) is 38.1 Å². The highest BCUT2D eigenvalue weighted by Crippen LogP contribution is 2.26. The number of nitrogens with zero attached hydrogens (tertiary/aromatic N) is 4. The monoisotopic (exact) mass is 415 g/mol. The Labute approximate surface area is 177 Å². The van der Waals surface area contributed by atoms with Gasteiger partial charge in [-0.3, -0.25) is 14.4 Å². The third kappa shape index (κ3) is 3.75. The van der Waals surface area contributed by atoms with Crippen LogP contribution in [0.3, 0.4) is 0 Å². The summed E-state index contributed by atoms with van der Waals surface area (Å²) in [6, 6.07) is 13.6. The van der Waals surface area contributed by atoms with Crippen LogP contribution in [0.15, 0.2) is 64.3 Å². The molecule has 4 rings (SSSR count). The number of aromatic nitrogens is 4. The maximum Gasteiger partial charge on any atom is 0.266 e. The van der Waals surface area contributed by atoms with Gasteiger partial charge in [0.05, 0.1) is 16.8 Å². The molecule has 0 atom stereocenters. The molecule has 0 bridgehead atoms. The van der Waals surface area contributed by atoms with Crippen molar-refractivity contribution in [2.24, 2.45) is 7.05 Å². The molecule has 4 aromatic rings. The summed E-state index contributed by atoms with van der Waals surface area (Å²) in [4.78, 5) is 42.2. The molecular formula is C23H21N5O3. The van der Waals surface area contributed by atoms with E-state index in [-0.39, 0.29) is 16.6 Å². The Bertz CT molecular complexity index is 1440. The van der Waals surface area contributed by atoms with Gasteiger partial charge >= 0.3 is 0 Å². The van der Waals surface area contributed by atoms with Crippen molar-refractivity contribution < 1.29 is 4.79 Å². The van der Waals surface area contributed by atoms with E-state index >= 15 is 0 Å². The first kappa shape index (κ1) is 20.2. The highest BCUT2D eigenvalue weighted by molar-refractivity contribution is 6.07. The van der Waals surface area contributed by atoms with Crippen molar-refractivity contribution >= 4 is 22.6 Å². The van der Waals surface area contributed by atoms with Crippen molar-refractivity contribution in [3.05, 3.63) is 86.6 Å². The summed E-state index contributed by atoms with van der Waals surface area (Å²) in [5.41, 5.74) is 2.44. The topological polar surface area (TPSA) is 98.9 Å². The fourth-order valence-electron chi connectivity index (χ4n) is 3.41. The van der Waals surface area contributed by atoms with E-state index in [1.54, 1.807) is 54.2 Å². The number of hydrogen-bond acceptors (Lipinski definition) is 5. The first-order chi connectivity index (χ1) is 14.9. The third-order valence-electron chi connectivity index (χ3n) is 5.06. The highest BCUT2D eigenvalue weighted by Gasteiger charge is 2.18. The molecule has 0 fully saturated rings. The van der Waals surface area contributed by atoms with E-state index in [0.29, 0.717) is 34.5 Å². The molecule has 3 aromatic heterocycles. The standard InChI is InChI=1S/C23H21N5O3/c1-4-28-13-17(21(30)16-10-9-14(2)24-22(16)28)23(31)25-18-8-6-5-7-15(18)19-11-12-20(29)27(3)26-19/h5-13H,4H2,1-3H3,(H,25,31). The second kappa shape index (κ2) is 7.98. The molecule has 0 spiro atoms. The molecular weight excluding hydrogens is 394 g/mol. The van der Waals surface area contributed by atoms with Crippen LogP contribution in [0.1, 0.15) is 23.0 Å². The molecule has 0 aliphatic carbocycles. The highest BCUT2D eigenvalue weighted by atomic mass is 16.2. The van der Waals surface area contributed by atoms with Gasteiger partial charge in [0, 0.05) is 37.1 Å². The molecule has 0 saturated heterocycles. The molecule has 0 radical (unpaired) electrons. The maximum absolute atomic E-state index is 13.1. The summed E-state index contributed by atoms with van der Waals surface area (Å²) >= 11 is 0. The number of carbonyl (C=O) groups excluding carboxylic acids is 1. The Morgan fingerprint density at radius 3 is 2.58 bits per heavy atom. The van der Waals surface area contributed by atoms with E-state index in [1.807, 2.05) is 19.9 Å². The molecule has 0 unspecified atom stereocenters. The van der Waals surface area contributed by atoms with Crippen molar-refractivity contribution in [2.75, 3.05) is 5.32 Å². The molecule has 8 heteroatoms. The minimum Gasteiger partial charge on any atom is -0.332 e. The van der Waals surface area contributed by atoms with Gasteiger partial charge in [-0.25, -0.2) is 9.67 Å². The second-order valence-electron chi connectivity index (χ2n) is 7.16. The smallest absolute Gasteiger partial charge is 0.266 e. The zero-order valence-electron chi connectivity index (χ0n) is 17.4. The van der Waals surface area contributed by atoms with Crippen LogP contribution in [0.4, 0.5) is 5.69 Å². The second-order valence-corrected chi connectivity index (χ2v) is 7.16. The number of fused-ring (bicyclic) bond motifs is 1. The van der Waals surface area contributed by atoms with Gasteiger partial charge in [0.15, 0.2) is 0 Å². The lowest BCUT2D eigenvalue weighted by atomic mass is 10.1. The van der Waals surface area contributed by atoms with Crippen molar-refractivity contribution in [1.82, 2.24) is 19.3 Å². The molecule has 8 nitrogen and oxygen atoms in total. The van der Waals surface area contributed by atoms with Gasteiger partial charge < -0.3 is 9.88 Å². The minimum absolute atomic E-state index is 0.0308. The minimum atomic E-state index is -0.521. The fourth-order valence-corrected chi connectivity index (χ4v) is 3.41. The van der Waals surface area contributed by atoms with Crippen molar-refractivity contribution in [1.29, 1.82) is 0 Å². The molecule has 3 heterocycles. The SMILES string of the molecule is CCn1cc(C(=O)Nc2ccccc2-c2ccc(=O)n(C)n2)c(=O)c2ccc(C)nc21. The van der Waals surface area contributed by atoms with E-state index in [4.69, 9.17) is 0 Å². The Hall–Kier alpha value is -4.07. The summed E-state index contributed by atoms with van der Waals surface area (Å²) in [5, 5.41) is 7.48. The lowest BCUT2D eigenvalue weighted by Gasteiger charge is -2.13. The molecule has 1 aromatic carbocycles. The number of para-hydroxylation sites is 1. The van der Waals surface area contributed by atoms with Gasteiger partial charge in [0.25, 0.3) is 11.5 Å². The Morgan fingerprint density at radius 2 is 1.84 bits per heavy atom. The van der Waals surface area contributed by atoms with Crippen LogP contribution in [0.2, 0.25) is 0 Å². The van der Waals surface area contributed by atoms with Crippen molar-refractivity contribution in [3.63, 3.8) is 0 Å². The number of amides is 1. The average molecular weight is 415 g/mol. The van der Waals surface area contributed by atoms with Crippen LogP contribution in [-0.2, 0) is 13.6 Å². The number of hydrogen-bond donors (Lipinski definition) is 1. The predicted octanol–water partition coefficient (Wildman–Crippen LogP) is 2.74. The van der Waals surface area contributed by atoms with Gasteiger partial charge in [-0.15, -0.1) is 0 Å². The molecule has 0 aliphatic rings. The van der Waals surface area contributed by atoms with Crippen LogP contribution in [0.5, 0.6) is 0 Å². The first-order valence-corrected chi connectivity index (χ1v) is 9.85. The Morgan fingerprint density at radius 1 is 1.06 bits per heavy atom. The van der Waals surface area contributed by atoms with Crippen LogP contribution < -0.4 is 16.3 Å². The number of carbonyl (C=O) groups is 1. The van der Waals surface area contributed by atoms with Crippen LogP contribution >= 0.6 is 0 Å². The van der Waals surface area contributed by atoms with Crippen LogP contribution in [-0.4, -0.2) is 25.2 Å². The number of rotatable bonds is 4. The lowest BCUT2D eigenvalue weighted by Crippen LogP contribution is -2.24. The third-order valence-corrected chi connectivity index (χ3v) is 5.06. The number of pyridine rings is 2. The summed E-state index contributed by atoms with van der Waals surface area (Å²) in [6.45, 7) is 4.34. The summed E-state index contributed by atoms with van der Waals surface area (Å²) in [6.07, 6.45) is 1.54. The molecule has 31 heavy (non-hydrogen) atoms. The summed E-state index contributed by atoms with van der Waals surface area (Å²) < 4.78 is 3.02. The van der Waals surface area contributed by atoms with Crippen molar-refractivity contribution in [2.45, 2.75) is 20.4 Å². The number of benzene rings is 1. The largest absolute Gasteiger partial charge is 0.332 e. The summed E-state index contributed by atoms with van der Waals surface area (Å²) in [5.74, 6) is -0.521.